The van der Waals surface area contributed by atoms with E-state index < -0.39 is 0 Å². The van der Waals surface area contributed by atoms with Gasteiger partial charge >= 0.3 is 0 Å². The molecule has 1 amide bonds. The number of pyridine rings is 1. The second-order valence-corrected chi connectivity index (χ2v) is 6.78. The van der Waals surface area contributed by atoms with E-state index >= 15 is 0 Å². The quantitative estimate of drug-likeness (QED) is 0.477. The second-order valence-electron chi connectivity index (χ2n) is 6.78. The maximum absolute atomic E-state index is 12.7. The normalized spacial score (nSPS) is 10.9. The van der Waals surface area contributed by atoms with Crippen molar-refractivity contribution in [2.75, 3.05) is 5.32 Å². The first-order valence-electron chi connectivity index (χ1n) is 9.45. The fourth-order valence-electron chi connectivity index (χ4n) is 3.36. The van der Waals surface area contributed by atoms with Gasteiger partial charge < -0.3 is 9.84 Å². The van der Waals surface area contributed by atoms with Gasteiger partial charge in [-0.15, -0.1) is 0 Å². The predicted octanol–water partition coefficient (Wildman–Crippen LogP) is 4.39. The van der Waals surface area contributed by atoms with Gasteiger partial charge in [-0.3, -0.25) is 9.78 Å². The summed E-state index contributed by atoms with van der Waals surface area (Å²) in [5.74, 6) is 0.699. The number of benzene rings is 2. The molecule has 0 bridgehead atoms. The van der Waals surface area contributed by atoms with Gasteiger partial charge in [0, 0.05) is 30.1 Å². The highest BCUT2D eigenvalue weighted by atomic mass is 16.5. The Morgan fingerprint density at radius 1 is 1.00 bits per heavy atom. The van der Waals surface area contributed by atoms with Crippen LogP contribution in [0.3, 0.4) is 0 Å². The number of carbonyl (C=O) groups is 1. The van der Waals surface area contributed by atoms with Crippen LogP contribution in [0.1, 0.15) is 16.1 Å². The molecule has 0 aliphatic carbocycles. The van der Waals surface area contributed by atoms with Crippen LogP contribution in [-0.2, 0) is 6.54 Å². The van der Waals surface area contributed by atoms with Gasteiger partial charge in [-0.25, -0.2) is 4.68 Å². The largest absolute Gasteiger partial charge is 0.355 e. The minimum atomic E-state index is -0.367. The zero-order valence-corrected chi connectivity index (χ0v) is 15.9. The predicted molar refractivity (Wildman–Crippen MR) is 113 cm³/mol. The molecule has 3 heterocycles. The summed E-state index contributed by atoms with van der Waals surface area (Å²) < 4.78 is 7.04. The highest BCUT2D eigenvalue weighted by Crippen LogP contribution is 2.22. The number of fused-ring (bicyclic) bond motifs is 1. The number of hydrogen-bond acceptors (Lipinski definition) is 5. The van der Waals surface area contributed by atoms with Gasteiger partial charge in [0.25, 0.3) is 5.91 Å². The zero-order chi connectivity index (χ0) is 20.3. The first kappa shape index (κ1) is 17.8. The summed E-state index contributed by atoms with van der Waals surface area (Å²) in [7, 11) is 0. The number of nitrogens with zero attached hydrogens (tertiary/aromatic N) is 4. The smallest absolute Gasteiger partial charge is 0.279 e. The number of aromatic nitrogens is 4. The minimum Gasteiger partial charge on any atom is -0.355 e. The highest BCUT2D eigenvalue weighted by molar-refractivity contribution is 6.02. The van der Waals surface area contributed by atoms with Crippen molar-refractivity contribution in [3.8, 4) is 11.3 Å². The highest BCUT2D eigenvalue weighted by Gasteiger charge is 2.16. The van der Waals surface area contributed by atoms with Crippen LogP contribution in [0.4, 0.5) is 5.82 Å². The molecule has 0 atom stereocenters. The van der Waals surface area contributed by atoms with Crippen LogP contribution >= 0.6 is 0 Å². The van der Waals surface area contributed by atoms with E-state index in [9.17, 15) is 4.79 Å². The van der Waals surface area contributed by atoms with E-state index in [-0.39, 0.29) is 11.6 Å². The van der Waals surface area contributed by atoms with Crippen LogP contribution in [0.2, 0.25) is 0 Å². The van der Waals surface area contributed by atoms with Gasteiger partial charge in [-0.2, -0.15) is 5.10 Å². The van der Waals surface area contributed by atoms with Gasteiger partial charge in [0.15, 0.2) is 11.5 Å². The molecule has 146 valence electrons. The molecule has 5 rings (SSSR count). The van der Waals surface area contributed by atoms with Crippen molar-refractivity contribution in [3.63, 3.8) is 0 Å². The number of nitrogens with one attached hydrogen (secondary N) is 1. The van der Waals surface area contributed by atoms with Gasteiger partial charge in [-0.1, -0.05) is 47.6 Å². The maximum Gasteiger partial charge on any atom is 0.279 e. The molecule has 0 fully saturated rings. The monoisotopic (exact) mass is 395 g/mol. The van der Waals surface area contributed by atoms with Gasteiger partial charge in [0.05, 0.1) is 12.7 Å². The maximum atomic E-state index is 12.7. The summed E-state index contributed by atoms with van der Waals surface area (Å²) in [4.78, 5) is 16.7. The Morgan fingerprint density at radius 3 is 2.80 bits per heavy atom. The SMILES string of the molecule is O=C(Nc1ccnn1Cc1cccc2ccccc12)c1cc(-c2cccnc2)on1. The number of anilines is 1. The fraction of sp³-hybridized carbons (Fsp3) is 0.0435. The van der Waals surface area contributed by atoms with E-state index in [0.717, 1.165) is 16.5 Å². The van der Waals surface area contributed by atoms with Crippen LogP contribution in [0, 0.1) is 0 Å². The summed E-state index contributed by atoms with van der Waals surface area (Å²) in [5.41, 5.74) is 2.06. The van der Waals surface area contributed by atoms with E-state index in [2.05, 4.69) is 44.8 Å². The summed E-state index contributed by atoms with van der Waals surface area (Å²) in [6.45, 7) is 0.531. The topological polar surface area (TPSA) is 85.8 Å². The molecule has 0 radical (unpaired) electrons. The van der Waals surface area contributed by atoms with Crippen molar-refractivity contribution in [3.05, 3.63) is 96.6 Å². The lowest BCUT2D eigenvalue weighted by atomic mass is 10.0. The molecule has 3 aromatic heterocycles. The lowest BCUT2D eigenvalue weighted by molar-refractivity contribution is 0.101. The van der Waals surface area contributed by atoms with E-state index in [1.807, 2.05) is 24.3 Å². The molecule has 0 unspecified atom stereocenters. The van der Waals surface area contributed by atoms with E-state index in [4.69, 9.17) is 4.52 Å². The fourth-order valence-corrected chi connectivity index (χ4v) is 3.36. The van der Waals surface area contributed by atoms with Crippen LogP contribution < -0.4 is 5.32 Å². The molecule has 2 aromatic carbocycles. The number of carbonyl (C=O) groups excluding carboxylic acids is 1. The summed E-state index contributed by atoms with van der Waals surface area (Å²) in [5, 5.41) is 13.4. The molecular formula is C23H17N5O2. The van der Waals surface area contributed by atoms with Crippen LogP contribution in [0.25, 0.3) is 22.1 Å². The molecular weight excluding hydrogens is 378 g/mol. The van der Waals surface area contributed by atoms with Crippen molar-refractivity contribution in [1.29, 1.82) is 0 Å². The molecule has 5 aromatic rings. The molecule has 7 heteroatoms. The summed E-state index contributed by atoms with van der Waals surface area (Å²) in [6.07, 6.45) is 4.98. The summed E-state index contributed by atoms with van der Waals surface area (Å²) >= 11 is 0. The van der Waals surface area contributed by atoms with E-state index in [1.165, 1.54) is 5.39 Å². The minimum absolute atomic E-state index is 0.187. The summed E-state index contributed by atoms with van der Waals surface area (Å²) in [6, 6.07) is 21.3. The Bertz CT molecular complexity index is 1320. The average molecular weight is 395 g/mol. The Kier molecular flexibility index (Phi) is 4.53. The molecule has 7 nitrogen and oxygen atoms in total. The molecule has 0 aliphatic rings. The van der Waals surface area contributed by atoms with Crippen LogP contribution in [0.5, 0.6) is 0 Å². The molecule has 0 aliphatic heterocycles. The Morgan fingerprint density at radius 2 is 1.90 bits per heavy atom. The lowest BCUT2D eigenvalue weighted by Crippen LogP contribution is -2.16. The van der Waals surface area contributed by atoms with Crippen LogP contribution in [-0.4, -0.2) is 25.8 Å². The molecule has 0 saturated heterocycles. The van der Waals surface area contributed by atoms with Gasteiger partial charge in [-0.05, 0) is 28.5 Å². The zero-order valence-electron chi connectivity index (χ0n) is 15.9. The lowest BCUT2D eigenvalue weighted by Gasteiger charge is -2.10. The van der Waals surface area contributed by atoms with Crippen molar-refractivity contribution >= 4 is 22.5 Å². The van der Waals surface area contributed by atoms with Crippen LogP contribution in [0.15, 0.2) is 89.8 Å². The first-order valence-corrected chi connectivity index (χ1v) is 9.45. The molecule has 0 spiro atoms. The first-order chi connectivity index (χ1) is 14.8. The van der Waals surface area contributed by atoms with Crippen molar-refractivity contribution in [1.82, 2.24) is 19.9 Å². The molecule has 0 saturated carbocycles. The Balaban J connectivity index is 1.36. The third-order valence-corrected chi connectivity index (χ3v) is 4.85. The Labute approximate surface area is 172 Å². The van der Waals surface area contributed by atoms with Gasteiger partial charge in [0.2, 0.25) is 0 Å². The van der Waals surface area contributed by atoms with Gasteiger partial charge in [0.1, 0.15) is 5.82 Å². The van der Waals surface area contributed by atoms with E-state index in [0.29, 0.717) is 18.1 Å². The second kappa shape index (κ2) is 7.63. The van der Waals surface area contributed by atoms with Crippen molar-refractivity contribution in [2.24, 2.45) is 0 Å². The third kappa shape index (κ3) is 3.44. The number of hydrogen-bond donors (Lipinski definition) is 1. The van der Waals surface area contributed by atoms with E-state index in [1.54, 1.807) is 41.5 Å². The molecule has 1 N–H and O–H groups in total. The number of rotatable bonds is 5. The molecule has 30 heavy (non-hydrogen) atoms. The Hall–Kier alpha value is -4.26. The third-order valence-electron chi connectivity index (χ3n) is 4.85. The standard InChI is InChI=1S/C23H17N5O2/c29-23(20-13-21(30-27-20)17-8-4-11-24-14-17)26-22-10-12-25-28(22)15-18-7-3-6-16-5-1-2-9-19(16)18/h1-14H,15H2,(H,26,29). The van der Waals surface area contributed by atoms with Crippen molar-refractivity contribution < 1.29 is 9.32 Å². The van der Waals surface area contributed by atoms with Crippen molar-refractivity contribution in [2.45, 2.75) is 6.54 Å². The average Bonchev–Trinajstić information content (AvgIpc) is 3.45. The number of amides is 1.